The molecule has 14 heteroatoms. The highest BCUT2D eigenvalue weighted by molar-refractivity contribution is 6.74. The van der Waals surface area contributed by atoms with E-state index in [1.54, 1.807) is 0 Å². The van der Waals surface area contributed by atoms with E-state index in [1.165, 1.54) is 6.92 Å². The van der Waals surface area contributed by atoms with E-state index in [1.807, 2.05) is 67.7 Å². The van der Waals surface area contributed by atoms with Crippen molar-refractivity contribution in [3.63, 3.8) is 0 Å². The summed E-state index contributed by atoms with van der Waals surface area (Å²) in [4.78, 5) is 63.0. The first-order valence-electron chi connectivity index (χ1n) is 15.0. The van der Waals surface area contributed by atoms with Gasteiger partial charge in [0.15, 0.2) is 47.2 Å². The predicted octanol–water partition coefficient (Wildman–Crippen LogP) is 5.00. The molecule has 1 rings (SSSR count). The van der Waals surface area contributed by atoms with Gasteiger partial charge in [-0.1, -0.05) is 48.1 Å². The molecule has 7 atom stereocenters. The van der Waals surface area contributed by atoms with E-state index in [0.29, 0.717) is 0 Å². The maximum absolute atomic E-state index is 12.8. The average Bonchev–Trinajstić information content (AvgIpc) is 2.81. The molecule has 45 heavy (non-hydrogen) atoms. The standard InChI is InChI=1S/C31H54O12Si2/c1-17-23(37-18(2)32)25(38-19(3)33)26(39-20(4)34)27(40-21(5)35)28(41-22(6)36)29(43-45(15,16)31(10,11)12)24(17)42-44(13,14)30(7,8)9/h23-29H,1H2,2-16H3/t23-,24-,25-,26-,27-,28-,29+/m1/s1. The van der Waals surface area contributed by atoms with Crippen LogP contribution in [0, 0.1) is 0 Å². The topological polar surface area (TPSA) is 150 Å². The molecule has 258 valence electrons. The summed E-state index contributed by atoms with van der Waals surface area (Å²) in [6.07, 6.45) is -10.0. The Morgan fingerprint density at radius 1 is 0.489 bits per heavy atom. The zero-order chi connectivity index (χ0) is 35.5. The third-order valence-electron chi connectivity index (χ3n) is 8.59. The van der Waals surface area contributed by atoms with Gasteiger partial charge in [-0.25, -0.2) is 0 Å². The number of ether oxygens (including phenoxy) is 5. The second-order valence-corrected chi connectivity index (χ2v) is 24.1. The van der Waals surface area contributed by atoms with Crippen molar-refractivity contribution in [2.45, 2.75) is 155 Å². The minimum atomic E-state index is -2.78. The molecule has 0 amide bonds. The van der Waals surface area contributed by atoms with Crippen LogP contribution in [0.4, 0.5) is 0 Å². The molecule has 0 aliphatic heterocycles. The largest absolute Gasteiger partial charge is 0.456 e. The summed E-state index contributed by atoms with van der Waals surface area (Å²) < 4.78 is 42.7. The van der Waals surface area contributed by atoms with Crippen LogP contribution in [0.15, 0.2) is 12.2 Å². The molecule has 1 saturated carbocycles. The minimum absolute atomic E-state index is 0.126. The van der Waals surface area contributed by atoms with Gasteiger partial charge in [0, 0.05) is 34.6 Å². The molecule has 0 aromatic carbocycles. The monoisotopic (exact) mass is 674 g/mol. The lowest BCUT2D eigenvalue weighted by Crippen LogP contribution is -2.67. The summed E-state index contributed by atoms with van der Waals surface area (Å²) in [6.45, 7) is 30.1. The van der Waals surface area contributed by atoms with Crippen molar-refractivity contribution >= 4 is 46.5 Å². The molecule has 0 heterocycles. The van der Waals surface area contributed by atoms with Crippen LogP contribution in [0.1, 0.15) is 76.2 Å². The van der Waals surface area contributed by atoms with Crippen LogP contribution >= 0.6 is 0 Å². The molecule has 0 N–H and O–H groups in total. The second-order valence-electron chi connectivity index (χ2n) is 14.5. The summed E-state index contributed by atoms with van der Waals surface area (Å²) in [6, 6.07) is 0. The van der Waals surface area contributed by atoms with Gasteiger partial charge in [0.1, 0.15) is 6.10 Å². The highest BCUT2D eigenvalue weighted by Gasteiger charge is 2.59. The molecule has 12 nitrogen and oxygen atoms in total. The van der Waals surface area contributed by atoms with E-state index in [9.17, 15) is 24.0 Å². The van der Waals surface area contributed by atoms with Gasteiger partial charge in [0.25, 0.3) is 0 Å². The highest BCUT2D eigenvalue weighted by atomic mass is 28.4. The molecule has 1 aliphatic carbocycles. The number of esters is 5. The smallest absolute Gasteiger partial charge is 0.303 e. The van der Waals surface area contributed by atoms with Gasteiger partial charge in [-0.15, -0.1) is 0 Å². The number of hydrogen-bond donors (Lipinski definition) is 0. The normalized spacial score (nSPS) is 26.6. The van der Waals surface area contributed by atoms with Crippen LogP contribution in [0.25, 0.3) is 0 Å². The van der Waals surface area contributed by atoms with Crippen molar-refractivity contribution in [2.75, 3.05) is 0 Å². The Balaban J connectivity index is 4.41. The Labute approximate surface area is 270 Å². The van der Waals surface area contributed by atoms with Crippen LogP contribution in [-0.4, -0.2) is 89.2 Å². The minimum Gasteiger partial charge on any atom is -0.456 e. The van der Waals surface area contributed by atoms with E-state index < -0.39 is 89.2 Å². The number of rotatable bonds is 9. The molecule has 1 aliphatic rings. The molecule has 0 bridgehead atoms. The molecule has 0 saturated heterocycles. The number of carbonyl (C=O) groups is 5. The summed E-state index contributed by atoms with van der Waals surface area (Å²) in [5.74, 6) is -3.97. The second kappa shape index (κ2) is 14.9. The summed E-state index contributed by atoms with van der Waals surface area (Å²) in [5, 5.41) is -0.698. The van der Waals surface area contributed by atoms with Gasteiger partial charge in [-0.3, -0.25) is 24.0 Å². The summed E-state index contributed by atoms with van der Waals surface area (Å²) in [7, 11) is -5.51. The predicted molar refractivity (Wildman–Crippen MR) is 171 cm³/mol. The van der Waals surface area contributed by atoms with E-state index in [-0.39, 0.29) is 15.6 Å². The molecule has 0 aromatic rings. The Morgan fingerprint density at radius 2 is 0.778 bits per heavy atom. The van der Waals surface area contributed by atoms with Gasteiger partial charge in [0.05, 0.1) is 6.10 Å². The zero-order valence-corrected chi connectivity index (χ0v) is 31.6. The molecule has 0 aromatic heterocycles. The van der Waals surface area contributed by atoms with Gasteiger partial charge in [0.2, 0.25) is 0 Å². The zero-order valence-electron chi connectivity index (χ0n) is 29.6. The highest BCUT2D eigenvalue weighted by Crippen LogP contribution is 2.45. The third-order valence-corrected chi connectivity index (χ3v) is 17.5. The first-order chi connectivity index (χ1) is 20.1. The van der Waals surface area contributed by atoms with Gasteiger partial charge >= 0.3 is 29.8 Å². The first kappa shape index (κ1) is 40.5. The van der Waals surface area contributed by atoms with E-state index in [2.05, 4.69) is 6.58 Å². The van der Waals surface area contributed by atoms with Crippen molar-refractivity contribution in [1.29, 1.82) is 0 Å². The lowest BCUT2D eigenvalue weighted by atomic mass is 9.83. The molecule has 0 radical (unpaired) electrons. The fourth-order valence-electron chi connectivity index (χ4n) is 4.39. The van der Waals surface area contributed by atoms with Crippen molar-refractivity contribution in [3.8, 4) is 0 Å². The van der Waals surface area contributed by atoms with Crippen LogP contribution in [0.2, 0.25) is 36.3 Å². The van der Waals surface area contributed by atoms with Gasteiger partial charge in [-0.05, 0) is 41.8 Å². The van der Waals surface area contributed by atoms with Crippen molar-refractivity contribution in [1.82, 2.24) is 0 Å². The SMILES string of the molecule is C=C1[C@@H](O[Si](C)(C)C(C)(C)C)[C@H](O[Si](C)(C)C(C)(C)C)[C@H](OC(C)=O)[C@H](OC(C)=O)[C@H](OC(C)=O)[C@H](OC(C)=O)[C@@H]1OC(C)=O. The third kappa shape index (κ3) is 10.8. The fraction of sp³-hybridized carbons (Fsp3) is 0.774. The lowest BCUT2D eigenvalue weighted by Gasteiger charge is -2.51. The summed E-state index contributed by atoms with van der Waals surface area (Å²) >= 11 is 0. The lowest BCUT2D eigenvalue weighted by molar-refractivity contribution is -0.223. The molecule has 0 unspecified atom stereocenters. The molecular formula is C31H54O12Si2. The van der Waals surface area contributed by atoms with Crippen molar-refractivity contribution < 1.29 is 56.5 Å². The Bertz CT molecular complexity index is 1130. The van der Waals surface area contributed by atoms with Gasteiger partial charge < -0.3 is 32.5 Å². The first-order valence-corrected chi connectivity index (χ1v) is 20.8. The Hall–Kier alpha value is -2.56. The Kier molecular flexibility index (Phi) is 13.4. The van der Waals surface area contributed by atoms with Crippen LogP contribution < -0.4 is 0 Å². The summed E-state index contributed by atoms with van der Waals surface area (Å²) in [5.41, 5.74) is 0.126. The molecular weight excluding hydrogens is 621 g/mol. The average molecular weight is 675 g/mol. The van der Waals surface area contributed by atoms with E-state index in [4.69, 9.17) is 32.5 Å². The van der Waals surface area contributed by atoms with Crippen LogP contribution in [-0.2, 0) is 56.5 Å². The van der Waals surface area contributed by atoms with Crippen molar-refractivity contribution in [2.24, 2.45) is 0 Å². The van der Waals surface area contributed by atoms with Crippen LogP contribution in [0.3, 0.4) is 0 Å². The number of hydrogen-bond acceptors (Lipinski definition) is 12. The maximum Gasteiger partial charge on any atom is 0.303 e. The van der Waals surface area contributed by atoms with Crippen LogP contribution in [0.5, 0.6) is 0 Å². The maximum atomic E-state index is 12.8. The van der Waals surface area contributed by atoms with E-state index >= 15 is 0 Å². The Morgan fingerprint density at radius 3 is 1.11 bits per heavy atom. The van der Waals surface area contributed by atoms with Crippen molar-refractivity contribution in [3.05, 3.63) is 12.2 Å². The van der Waals surface area contributed by atoms with Gasteiger partial charge in [-0.2, -0.15) is 0 Å². The number of carbonyl (C=O) groups excluding carboxylic acids is 5. The molecule has 1 fully saturated rings. The fourth-order valence-corrected chi connectivity index (χ4v) is 6.96. The van der Waals surface area contributed by atoms with E-state index in [0.717, 1.165) is 27.7 Å². The quantitative estimate of drug-likeness (QED) is 0.140. The molecule has 0 spiro atoms.